The van der Waals surface area contributed by atoms with E-state index in [0.717, 1.165) is 6.07 Å². The molecule has 0 aliphatic carbocycles. The summed E-state index contributed by atoms with van der Waals surface area (Å²) in [6.07, 6.45) is -4.16. The quantitative estimate of drug-likeness (QED) is 0.731. The molecule has 0 aliphatic heterocycles. The third-order valence-corrected chi connectivity index (χ3v) is 2.42. The monoisotopic (exact) mass is 259 g/mol. The number of aromatic nitrogens is 1. The van der Waals surface area contributed by atoms with E-state index < -0.39 is 11.7 Å². The van der Waals surface area contributed by atoms with E-state index in [0.29, 0.717) is 6.29 Å². The summed E-state index contributed by atoms with van der Waals surface area (Å²) in [7, 11) is 0. The molecule has 0 N–H and O–H groups in total. The van der Waals surface area contributed by atoms with Crippen LogP contribution in [0.4, 0.5) is 13.2 Å². The second-order valence-electron chi connectivity index (χ2n) is 3.38. The third kappa shape index (κ3) is 2.24. The Kier molecular flexibility index (Phi) is 2.79. The third-order valence-electron chi connectivity index (χ3n) is 2.20. The number of hydrogen-bond donors (Lipinski definition) is 0. The average molecular weight is 260 g/mol. The Morgan fingerprint density at radius 3 is 2.53 bits per heavy atom. The first-order chi connectivity index (χ1) is 7.91. The summed E-state index contributed by atoms with van der Waals surface area (Å²) in [6.45, 7) is 0. The van der Waals surface area contributed by atoms with Crippen LogP contribution in [0.5, 0.6) is 0 Å². The molecule has 0 bridgehead atoms. The number of alkyl halides is 3. The molecule has 0 aliphatic rings. The van der Waals surface area contributed by atoms with Crippen molar-refractivity contribution in [2.24, 2.45) is 0 Å². The Morgan fingerprint density at radius 2 is 1.94 bits per heavy atom. The van der Waals surface area contributed by atoms with Crippen molar-refractivity contribution >= 4 is 28.8 Å². The highest BCUT2D eigenvalue weighted by Gasteiger charge is 2.33. The first-order valence-electron chi connectivity index (χ1n) is 4.54. The van der Waals surface area contributed by atoms with E-state index in [4.69, 9.17) is 11.6 Å². The smallest absolute Gasteiger partial charge is 0.296 e. The Morgan fingerprint density at radius 1 is 1.24 bits per heavy atom. The number of aldehydes is 1. The Labute approximate surface area is 99.0 Å². The zero-order valence-corrected chi connectivity index (χ0v) is 9.01. The van der Waals surface area contributed by atoms with Crippen LogP contribution >= 0.6 is 11.6 Å². The molecular weight excluding hydrogens is 255 g/mol. The van der Waals surface area contributed by atoms with Gasteiger partial charge >= 0.3 is 6.18 Å². The van der Waals surface area contributed by atoms with Crippen molar-refractivity contribution in [2.75, 3.05) is 0 Å². The van der Waals surface area contributed by atoms with Gasteiger partial charge in [0.25, 0.3) is 0 Å². The number of halogens is 4. The molecule has 1 aromatic heterocycles. The predicted molar refractivity (Wildman–Crippen MR) is 57.1 cm³/mol. The number of benzene rings is 1. The van der Waals surface area contributed by atoms with Crippen molar-refractivity contribution in [3.63, 3.8) is 0 Å². The maximum absolute atomic E-state index is 12.7. The van der Waals surface area contributed by atoms with Gasteiger partial charge in [-0.15, -0.1) is 0 Å². The Hall–Kier alpha value is -1.62. The summed E-state index contributed by atoms with van der Waals surface area (Å²) in [4.78, 5) is 14.2. The average Bonchev–Trinajstić information content (AvgIpc) is 2.26. The molecular formula is C11H5ClF3NO. The van der Waals surface area contributed by atoms with Crippen molar-refractivity contribution < 1.29 is 18.0 Å². The summed E-state index contributed by atoms with van der Waals surface area (Å²) in [5.41, 5.74) is -1.26. The van der Waals surface area contributed by atoms with E-state index in [-0.39, 0.29) is 21.6 Å². The van der Waals surface area contributed by atoms with E-state index in [9.17, 15) is 18.0 Å². The maximum atomic E-state index is 12.7. The number of nitrogens with zero attached hydrogens (tertiary/aromatic N) is 1. The fraction of sp³-hybridized carbons (Fsp3) is 0.0909. The Bertz CT molecular complexity index is 595. The summed E-state index contributed by atoms with van der Waals surface area (Å²) in [5, 5.41) is 0.223. The van der Waals surface area contributed by atoms with Crippen molar-refractivity contribution in [3.8, 4) is 0 Å². The molecule has 88 valence electrons. The van der Waals surface area contributed by atoms with E-state index >= 15 is 0 Å². The number of rotatable bonds is 1. The molecule has 2 rings (SSSR count). The molecule has 0 fully saturated rings. The molecule has 0 saturated heterocycles. The molecule has 0 spiro atoms. The van der Waals surface area contributed by atoms with Gasteiger partial charge in [0.05, 0.1) is 11.1 Å². The van der Waals surface area contributed by atoms with Crippen molar-refractivity contribution in [1.29, 1.82) is 0 Å². The van der Waals surface area contributed by atoms with Crippen LogP contribution in [0.15, 0.2) is 24.3 Å². The molecule has 0 saturated carbocycles. The van der Waals surface area contributed by atoms with Gasteiger partial charge in [-0.05, 0) is 18.2 Å². The summed E-state index contributed by atoms with van der Waals surface area (Å²) < 4.78 is 38.2. The minimum Gasteiger partial charge on any atom is -0.296 e. The minimum atomic E-state index is -4.56. The first kappa shape index (κ1) is 11.9. The standard InChI is InChI=1S/C11H5ClF3NO/c12-7-3-6-1-2-8(5-17)16-10(6)9(4-7)11(13,14)15/h1-5H. The predicted octanol–water partition coefficient (Wildman–Crippen LogP) is 3.72. The van der Waals surface area contributed by atoms with E-state index in [1.54, 1.807) is 0 Å². The van der Waals surface area contributed by atoms with Gasteiger partial charge in [-0.1, -0.05) is 17.7 Å². The normalized spacial score (nSPS) is 11.8. The fourth-order valence-corrected chi connectivity index (χ4v) is 1.72. The zero-order chi connectivity index (χ0) is 12.6. The lowest BCUT2D eigenvalue weighted by molar-refractivity contribution is -0.136. The molecule has 6 heteroatoms. The van der Waals surface area contributed by atoms with Gasteiger partial charge in [-0.2, -0.15) is 13.2 Å². The molecule has 0 atom stereocenters. The molecule has 1 aromatic carbocycles. The van der Waals surface area contributed by atoms with Crippen molar-refractivity contribution in [2.45, 2.75) is 6.18 Å². The van der Waals surface area contributed by atoms with E-state index in [1.165, 1.54) is 18.2 Å². The van der Waals surface area contributed by atoms with Gasteiger partial charge in [-0.3, -0.25) is 4.79 Å². The lowest BCUT2D eigenvalue weighted by Gasteiger charge is -2.10. The van der Waals surface area contributed by atoms with Crippen LogP contribution in [0.1, 0.15) is 16.1 Å². The van der Waals surface area contributed by atoms with Crippen LogP contribution in [0.25, 0.3) is 10.9 Å². The lowest BCUT2D eigenvalue weighted by Crippen LogP contribution is -2.07. The van der Waals surface area contributed by atoms with Gasteiger partial charge in [0.2, 0.25) is 0 Å². The summed E-state index contributed by atoms with van der Waals surface area (Å²) >= 11 is 5.61. The van der Waals surface area contributed by atoms with Crippen LogP contribution in [0, 0.1) is 0 Å². The number of fused-ring (bicyclic) bond motifs is 1. The molecule has 2 nitrogen and oxygen atoms in total. The van der Waals surface area contributed by atoms with Gasteiger partial charge in [-0.25, -0.2) is 4.98 Å². The maximum Gasteiger partial charge on any atom is 0.418 e. The number of pyridine rings is 1. The first-order valence-corrected chi connectivity index (χ1v) is 4.92. The second-order valence-corrected chi connectivity index (χ2v) is 3.81. The van der Waals surface area contributed by atoms with E-state index in [2.05, 4.69) is 4.98 Å². The second kappa shape index (κ2) is 4.00. The minimum absolute atomic E-state index is 0.0227. The number of carbonyl (C=O) groups excluding carboxylic acids is 1. The van der Waals surface area contributed by atoms with E-state index in [1.807, 2.05) is 0 Å². The highest BCUT2D eigenvalue weighted by atomic mass is 35.5. The molecule has 1 heterocycles. The zero-order valence-electron chi connectivity index (χ0n) is 8.25. The van der Waals surface area contributed by atoms with Gasteiger partial charge in [0.1, 0.15) is 5.69 Å². The van der Waals surface area contributed by atoms with Gasteiger partial charge < -0.3 is 0 Å². The fourth-order valence-electron chi connectivity index (χ4n) is 1.50. The SMILES string of the molecule is O=Cc1ccc2cc(Cl)cc(C(F)(F)F)c2n1. The number of carbonyl (C=O) groups is 1. The topological polar surface area (TPSA) is 30.0 Å². The van der Waals surface area contributed by atoms with Crippen molar-refractivity contribution in [1.82, 2.24) is 4.98 Å². The summed E-state index contributed by atoms with van der Waals surface area (Å²) in [6, 6.07) is 4.89. The Balaban J connectivity index is 2.84. The van der Waals surface area contributed by atoms with Crippen molar-refractivity contribution in [3.05, 3.63) is 40.5 Å². The van der Waals surface area contributed by atoms with Crippen LogP contribution in [-0.4, -0.2) is 11.3 Å². The number of hydrogen-bond acceptors (Lipinski definition) is 2. The van der Waals surface area contributed by atoms with Crippen LogP contribution in [0.3, 0.4) is 0 Å². The van der Waals surface area contributed by atoms with Crippen LogP contribution in [0.2, 0.25) is 5.02 Å². The summed E-state index contributed by atoms with van der Waals surface area (Å²) in [5.74, 6) is 0. The largest absolute Gasteiger partial charge is 0.418 e. The molecule has 17 heavy (non-hydrogen) atoms. The molecule has 0 unspecified atom stereocenters. The molecule has 2 aromatic rings. The molecule has 0 amide bonds. The van der Waals surface area contributed by atoms with Crippen LogP contribution in [-0.2, 0) is 6.18 Å². The van der Waals surface area contributed by atoms with Gasteiger partial charge in [0, 0.05) is 10.4 Å². The highest BCUT2D eigenvalue weighted by molar-refractivity contribution is 6.31. The highest BCUT2D eigenvalue weighted by Crippen LogP contribution is 2.35. The lowest BCUT2D eigenvalue weighted by atomic mass is 10.1. The molecule has 0 radical (unpaired) electrons. The van der Waals surface area contributed by atoms with Crippen LogP contribution < -0.4 is 0 Å². The van der Waals surface area contributed by atoms with Gasteiger partial charge in [0.15, 0.2) is 6.29 Å².